The van der Waals surface area contributed by atoms with Gasteiger partial charge in [-0.3, -0.25) is 0 Å². The molecule has 3 heteroatoms. The Labute approximate surface area is 346 Å². The molecule has 0 aliphatic rings. The largest absolute Gasteiger partial charge is 0.310 e. The summed E-state index contributed by atoms with van der Waals surface area (Å²) >= 11 is 1.86. The molecule has 0 spiro atoms. The number of benzene rings is 10. The summed E-state index contributed by atoms with van der Waals surface area (Å²) in [6.45, 7) is 0. The van der Waals surface area contributed by atoms with Crippen molar-refractivity contribution in [3.8, 4) is 27.9 Å². The summed E-state index contributed by atoms with van der Waals surface area (Å²) in [6.07, 6.45) is 0. The summed E-state index contributed by atoms with van der Waals surface area (Å²) < 4.78 is 5.03. The van der Waals surface area contributed by atoms with E-state index in [1.165, 1.54) is 85.8 Å². The van der Waals surface area contributed by atoms with Crippen LogP contribution in [0.5, 0.6) is 0 Å². The van der Waals surface area contributed by atoms with Crippen molar-refractivity contribution in [2.24, 2.45) is 0 Å². The molecule has 10 aromatic carbocycles. The van der Waals surface area contributed by atoms with Crippen molar-refractivity contribution in [1.82, 2.24) is 4.57 Å². The van der Waals surface area contributed by atoms with Gasteiger partial charge in [-0.05, 0) is 117 Å². The molecule has 0 amide bonds. The maximum absolute atomic E-state index is 2.42. The summed E-state index contributed by atoms with van der Waals surface area (Å²) in [7, 11) is 0. The predicted octanol–water partition coefficient (Wildman–Crippen LogP) is 16.3. The smallest absolute Gasteiger partial charge is 0.0541 e. The van der Waals surface area contributed by atoms with Crippen LogP contribution < -0.4 is 4.90 Å². The fourth-order valence-electron chi connectivity index (χ4n) is 9.22. The molecule has 0 fully saturated rings. The Bertz CT molecular complexity index is 3500. The lowest BCUT2D eigenvalue weighted by Crippen LogP contribution is -2.09. The summed E-state index contributed by atoms with van der Waals surface area (Å²) in [4.78, 5) is 2.40. The highest BCUT2D eigenvalue weighted by Gasteiger charge is 2.18. The standard InChI is InChI=1S/C56H36N2S/c1-3-15-45-37(12-1)14-11-20-46(45)38-24-28-41(29-25-38)57(43-32-33-56-52(35-43)50-19-7-10-23-55(50)59-56)42-30-26-39(27-31-42)51-36-44(34-40-13-2-4-16-47(40)51)58-53-21-8-5-17-48(53)49-18-6-9-22-54(49)58/h1-36H. The van der Waals surface area contributed by atoms with Gasteiger partial charge in [-0.25, -0.2) is 0 Å². The van der Waals surface area contributed by atoms with Crippen molar-refractivity contribution in [2.45, 2.75) is 0 Å². The number of para-hydroxylation sites is 2. The highest BCUT2D eigenvalue weighted by Crippen LogP contribution is 2.43. The minimum atomic E-state index is 1.11. The van der Waals surface area contributed by atoms with Crippen molar-refractivity contribution >= 4 is 91.9 Å². The topological polar surface area (TPSA) is 8.17 Å². The number of aromatic nitrogens is 1. The zero-order chi connectivity index (χ0) is 38.9. The van der Waals surface area contributed by atoms with E-state index in [9.17, 15) is 0 Å². The zero-order valence-corrected chi connectivity index (χ0v) is 32.9. The fraction of sp³-hybridized carbons (Fsp3) is 0. The van der Waals surface area contributed by atoms with E-state index in [1.807, 2.05) is 11.3 Å². The second kappa shape index (κ2) is 13.6. The molecule has 0 saturated carbocycles. The van der Waals surface area contributed by atoms with E-state index < -0.39 is 0 Å². The molecule has 0 radical (unpaired) electrons. The molecule has 0 aliphatic heterocycles. The summed E-state index contributed by atoms with van der Waals surface area (Å²) in [5.74, 6) is 0. The number of hydrogen-bond acceptors (Lipinski definition) is 2. The number of nitrogens with zero attached hydrogens (tertiary/aromatic N) is 2. The van der Waals surface area contributed by atoms with Crippen LogP contribution >= 0.6 is 11.3 Å². The molecule has 0 N–H and O–H groups in total. The van der Waals surface area contributed by atoms with E-state index in [0.717, 1.165) is 22.7 Å². The third kappa shape index (κ3) is 5.55. The third-order valence-corrected chi connectivity index (χ3v) is 13.1. The molecule has 2 aromatic heterocycles. The molecule has 0 unspecified atom stereocenters. The van der Waals surface area contributed by atoms with Crippen LogP contribution in [0.1, 0.15) is 0 Å². The quantitative estimate of drug-likeness (QED) is 0.164. The molecule has 2 nitrogen and oxygen atoms in total. The number of anilines is 3. The number of hydrogen-bond donors (Lipinski definition) is 0. The molecule has 0 aliphatic carbocycles. The molecule has 0 bridgehead atoms. The average molecular weight is 769 g/mol. The van der Waals surface area contributed by atoms with Crippen molar-refractivity contribution in [3.05, 3.63) is 218 Å². The second-order valence-electron chi connectivity index (χ2n) is 15.3. The van der Waals surface area contributed by atoms with Crippen LogP contribution in [0.25, 0.3) is 91.5 Å². The van der Waals surface area contributed by atoms with E-state index in [4.69, 9.17) is 0 Å². The Morgan fingerprint density at radius 1 is 0.322 bits per heavy atom. The van der Waals surface area contributed by atoms with Gasteiger partial charge in [-0.2, -0.15) is 0 Å². The molecule has 276 valence electrons. The van der Waals surface area contributed by atoms with Gasteiger partial charge in [0.1, 0.15) is 0 Å². The Morgan fingerprint density at radius 2 is 0.831 bits per heavy atom. The molecular weight excluding hydrogens is 733 g/mol. The van der Waals surface area contributed by atoms with Crippen molar-refractivity contribution in [3.63, 3.8) is 0 Å². The van der Waals surface area contributed by atoms with Crippen molar-refractivity contribution in [1.29, 1.82) is 0 Å². The van der Waals surface area contributed by atoms with E-state index in [1.54, 1.807) is 0 Å². The molecule has 59 heavy (non-hydrogen) atoms. The summed E-state index contributed by atoms with van der Waals surface area (Å²) in [5.41, 5.74) is 11.8. The van der Waals surface area contributed by atoms with Crippen LogP contribution in [-0.2, 0) is 0 Å². The fourth-order valence-corrected chi connectivity index (χ4v) is 10.3. The van der Waals surface area contributed by atoms with Gasteiger partial charge in [0.15, 0.2) is 0 Å². The van der Waals surface area contributed by atoms with Crippen LogP contribution in [0.3, 0.4) is 0 Å². The van der Waals surface area contributed by atoms with Gasteiger partial charge >= 0.3 is 0 Å². The highest BCUT2D eigenvalue weighted by molar-refractivity contribution is 7.25. The Morgan fingerprint density at radius 3 is 1.53 bits per heavy atom. The van der Waals surface area contributed by atoms with E-state index >= 15 is 0 Å². The highest BCUT2D eigenvalue weighted by atomic mass is 32.1. The number of rotatable bonds is 6. The van der Waals surface area contributed by atoms with Gasteiger partial charge in [-0.15, -0.1) is 11.3 Å². The third-order valence-electron chi connectivity index (χ3n) is 12.0. The van der Waals surface area contributed by atoms with Gasteiger partial charge < -0.3 is 9.47 Å². The first-order chi connectivity index (χ1) is 29.2. The monoisotopic (exact) mass is 768 g/mol. The van der Waals surface area contributed by atoms with Gasteiger partial charge in [0, 0.05) is 53.7 Å². The Kier molecular flexibility index (Phi) is 7.75. The minimum Gasteiger partial charge on any atom is -0.310 e. The predicted molar refractivity (Wildman–Crippen MR) is 254 cm³/mol. The Hall–Kier alpha value is -7.46. The van der Waals surface area contributed by atoms with E-state index in [2.05, 4.69) is 228 Å². The van der Waals surface area contributed by atoms with Crippen LogP contribution in [0.2, 0.25) is 0 Å². The maximum atomic E-state index is 2.42. The van der Waals surface area contributed by atoms with Crippen molar-refractivity contribution in [2.75, 3.05) is 4.90 Å². The first kappa shape index (κ1) is 33.7. The molecular formula is C56H36N2S. The molecule has 12 rings (SSSR count). The molecule has 0 saturated heterocycles. The maximum Gasteiger partial charge on any atom is 0.0541 e. The van der Waals surface area contributed by atoms with Crippen molar-refractivity contribution < 1.29 is 0 Å². The van der Waals surface area contributed by atoms with Gasteiger partial charge in [0.05, 0.1) is 11.0 Å². The van der Waals surface area contributed by atoms with Crippen LogP contribution in [-0.4, -0.2) is 4.57 Å². The lowest BCUT2D eigenvalue weighted by atomic mass is 9.96. The first-order valence-electron chi connectivity index (χ1n) is 20.2. The average Bonchev–Trinajstić information content (AvgIpc) is 3.85. The van der Waals surface area contributed by atoms with Gasteiger partial charge in [0.25, 0.3) is 0 Å². The van der Waals surface area contributed by atoms with Crippen LogP contribution in [0.15, 0.2) is 218 Å². The lowest BCUT2D eigenvalue weighted by molar-refractivity contribution is 1.19. The Balaban J connectivity index is 1.00. The number of fused-ring (bicyclic) bond motifs is 8. The molecule has 2 heterocycles. The zero-order valence-electron chi connectivity index (χ0n) is 32.1. The van der Waals surface area contributed by atoms with E-state index in [-0.39, 0.29) is 0 Å². The first-order valence-corrected chi connectivity index (χ1v) is 21.0. The lowest BCUT2D eigenvalue weighted by Gasteiger charge is -2.26. The summed E-state index contributed by atoms with van der Waals surface area (Å²) in [5, 5.41) is 10.1. The summed E-state index contributed by atoms with van der Waals surface area (Å²) in [6, 6.07) is 80.0. The van der Waals surface area contributed by atoms with Crippen LogP contribution in [0.4, 0.5) is 17.1 Å². The second-order valence-corrected chi connectivity index (χ2v) is 16.4. The minimum absolute atomic E-state index is 1.11. The SMILES string of the molecule is c1ccc2c(-c3ccc(N(c4ccc(-c5cc(-n6c7ccccc7c7ccccc76)cc6ccccc56)cc4)c4ccc5sc6ccccc6c5c4)cc3)cccc2c1. The van der Waals surface area contributed by atoms with Gasteiger partial charge in [0.2, 0.25) is 0 Å². The van der Waals surface area contributed by atoms with E-state index in [0.29, 0.717) is 0 Å². The molecule has 12 aromatic rings. The normalized spacial score (nSPS) is 11.7. The van der Waals surface area contributed by atoms with Crippen LogP contribution in [0, 0.1) is 0 Å². The number of thiophene rings is 1. The molecule has 0 atom stereocenters. The van der Waals surface area contributed by atoms with Gasteiger partial charge in [-0.1, -0.05) is 146 Å².